The molecule has 0 saturated heterocycles. The van der Waals surface area contributed by atoms with E-state index >= 15 is 0 Å². The van der Waals surface area contributed by atoms with Crippen molar-refractivity contribution in [2.45, 2.75) is 36.3 Å². The molecule has 1 nitrogen and oxygen atoms in total. The highest BCUT2D eigenvalue weighted by molar-refractivity contribution is 5.27. The van der Waals surface area contributed by atoms with Gasteiger partial charge >= 0.3 is 29.9 Å². The van der Waals surface area contributed by atoms with E-state index in [4.69, 9.17) is 0 Å². The molecule has 0 heterocycles. The van der Waals surface area contributed by atoms with Crippen LogP contribution in [0.2, 0.25) is 0 Å². The van der Waals surface area contributed by atoms with E-state index in [9.17, 15) is 48.3 Å². The molecule has 20 heavy (non-hydrogen) atoms. The average Bonchev–Trinajstić information content (AvgIpc) is 2.26. The lowest BCUT2D eigenvalue weighted by Gasteiger charge is -2.39. The van der Waals surface area contributed by atoms with Crippen LogP contribution in [-0.2, 0) is 0 Å². The van der Waals surface area contributed by atoms with Crippen LogP contribution in [0.25, 0.3) is 0 Å². The highest BCUT2D eigenvalue weighted by Crippen LogP contribution is 2.76. The predicted octanol–water partition coefficient (Wildman–Crippen LogP) is 3.44. The highest BCUT2D eigenvalue weighted by Gasteiger charge is 3.03. The van der Waals surface area contributed by atoms with Gasteiger partial charge in [0.25, 0.3) is 0 Å². The third kappa shape index (κ3) is 1.38. The third-order valence-corrected chi connectivity index (χ3v) is 3.26. The largest absolute Gasteiger partial charge is 0.406 e. The molecule has 0 radical (unpaired) electrons. The number of rotatable bonds is 2. The van der Waals surface area contributed by atoms with Crippen molar-refractivity contribution in [1.82, 2.24) is 0 Å². The van der Waals surface area contributed by atoms with E-state index in [0.717, 1.165) is 0 Å². The smallest absolute Gasteiger partial charge is 0.330 e. The Balaban J connectivity index is 3.83. The van der Waals surface area contributed by atoms with Gasteiger partial charge in [-0.3, -0.25) is 0 Å². The van der Waals surface area contributed by atoms with Gasteiger partial charge in [0.2, 0.25) is 5.41 Å². The molecule has 0 unspecified atom stereocenters. The summed E-state index contributed by atoms with van der Waals surface area (Å²) < 4.78 is 142. The van der Waals surface area contributed by atoms with E-state index < -0.39 is 48.2 Å². The molecule has 1 rings (SSSR count). The second-order valence-corrected chi connectivity index (χ2v) is 4.24. The number of hydrogen-bond acceptors (Lipinski definition) is 1. The molecule has 0 bridgehead atoms. The minimum Gasteiger partial charge on any atom is -0.330 e. The van der Waals surface area contributed by atoms with Gasteiger partial charge in [-0.1, -0.05) is 0 Å². The molecule has 0 aliphatic heterocycles. The Kier molecular flexibility index (Phi) is 3.35. The maximum absolute atomic E-state index is 13.2. The molecule has 0 aromatic heterocycles. The van der Waals surface area contributed by atoms with Crippen LogP contribution in [-0.4, -0.2) is 36.4 Å². The first-order valence-corrected chi connectivity index (χ1v) is 4.84. The summed E-state index contributed by atoms with van der Waals surface area (Å²) in [5, 5.41) is 0. The molecule has 120 valence electrons. The molecule has 0 spiro atoms. The molecule has 12 heteroatoms. The standard InChI is InChI=1S/C8H6F11N/c9-4(10)3(1-2-20,8(17,18)19)5(11,12)7(15,16)6(4,13)14/h1-2,20H2. The fraction of sp³-hybridized carbons (Fsp3) is 1.00. The first-order chi connectivity index (χ1) is 8.56. The lowest BCUT2D eigenvalue weighted by molar-refractivity contribution is -0.363. The lowest BCUT2D eigenvalue weighted by atomic mass is 9.76. The maximum Gasteiger partial charge on any atom is 0.406 e. The normalized spacial score (nSPS) is 29.4. The summed E-state index contributed by atoms with van der Waals surface area (Å²) in [6, 6.07) is 0. The van der Waals surface area contributed by atoms with Gasteiger partial charge in [-0.25, -0.2) is 0 Å². The summed E-state index contributed by atoms with van der Waals surface area (Å²) in [5.41, 5.74) is -1.50. The Labute approximate surface area is 103 Å². The monoisotopic (exact) mass is 325 g/mol. The van der Waals surface area contributed by atoms with Crippen LogP contribution >= 0.6 is 0 Å². The van der Waals surface area contributed by atoms with Gasteiger partial charge in [0.15, 0.2) is 0 Å². The van der Waals surface area contributed by atoms with E-state index in [0.29, 0.717) is 0 Å². The maximum atomic E-state index is 13.2. The van der Waals surface area contributed by atoms with Crippen LogP contribution in [0.3, 0.4) is 0 Å². The molecule has 1 saturated carbocycles. The lowest BCUT2D eigenvalue weighted by Crippen LogP contribution is -2.61. The van der Waals surface area contributed by atoms with Crippen molar-refractivity contribution in [3.63, 3.8) is 0 Å². The molecular weight excluding hydrogens is 319 g/mol. The van der Waals surface area contributed by atoms with Gasteiger partial charge < -0.3 is 5.73 Å². The van der Waals surface area contributed by atoms with Gasteiger partial charge in [-0.2, -0.15) is 48.3 Å². The summed E-state index contributed by atoms with van der Waals surface area (Å²) in [4.78, 5) is 0. The second-order valence-electron chi connectivity index (χ2n) is 4.24. The SMILES string of the molecule is NCCC1(C(F)(F)F)C(F)(F)C(F)(F)C(F)(F)C1(F)F. The molecule has 0 atom stereocenters. The van der Waals surface area contributed by atoms with Gasteiger partial charge in [-0.05, 0) is 13.0 Å². The van der Waals surface area contributed by atoms with Gasteiger partial charge in [0.05, 0.1) is 0 Å². The van der Waals surface area contributed by atoms with Crippen molar-refractivity contribution in [1.29, 1.82) is 0 Å². The van der Waals surface area contributed by atoms with E-state index in [-0.39, 0.29) is 0 Å². The van der Waals surface area contributed by atoms with Crippen LogP contribution in [0.5, 0.6) is 0 Å². The Hall–Kier alpha value is -0.810. The molecule has 2 N–H and O–H groups in total. The zero-order chi connectivity index (χ0) is 16.4. The Bertz CT molecular complexity index is 370. The Morgan fingerprint density at radius 2 is 0.950 bits per heavy atom. The first kappa shape index (κ1) is 17.2. The summed E-state index contributed by atoms with van der Waals surface area (Å²) in [6.45, 7) is -1.57. The zero-order valence-electron chi connectivity index (χ0n) is 9.15. The first-order valence-electron chi connectivity index (χ1n) is 4.84. The second kappa shape index (κ2) is 3.89. The van der Waals surface area contributed by atoms with Crippen LogP contribution in [0.15, 0.2) is 0 Å². The quantitative estimate of drug-likeness (QED) is 0.774. The number of hydrogen-bond donors (Lipinski definition) is 1. The predicted molar refractivity (Wildman–Crippen MR) is 41.9 cm³/mol. The van der Waals surface area contributed by atoms with Gasteiger partial charge in [0.1, 0.15) is 0 Å². The number of nitrogens with two attached hydrogens (primary N) is 1. The molecule has 1 fully saturated rings. The minimum absolute atomic E-state index is 1.57. The highest BCUT2D eigenvalue weighted by atomic mass is 19.4. The topological polar surface area (TPSA) is 26.0 Å². The van der Waals surface area contributed by atoms with Crippen molar-refractivity contribution >= 4 is 0 Å². The molecule has 1 aliphatic rings. The van der Waals surface area contributed by atoms with Crippen LogP contribution in [0.1, 0.15) is 6.42 Å². The van der Waals surface area contributed by atoms with Gasteiger partial charge in [-0.15, -0.1) is 0 Å². The fourth-order valence-electron chi connectivity index (χ4n) is 2.16. The van der Waals surface area contributed by atoms with E-state index in [2.05, 4.69) is 5.73 Å². The molecule has 0 aromatic rings. The van der Waals surface area contributed by atoms with E-state index in [1.54, 1.807) is 0 Å². The van der Waals surface area contributed by atoms with Crippen molar-refractivity contribution in [3.8, 4) is 0 Å². The van der Waals surface area contributed by atoms with E-state index in [1.165, 1.54) is 0 Å². The Morgan fingerprint density at radius 3 is 1.15 bits per heavy atom. The molecule has 0 aromatic carbocycles. The fourth-order valence-corrected chi connectivity index (χ4v) is 2.16. The number of alkyl halides is 11. The molecular formula is C8H6F11N. The van der Waals surface area contributed by atoms with E-state index in [1.807, 2.05) is 0 Å². The van der Waals surface area contributed by atoms with Crippen molar-refractivity contribution in [2.75, 3.05) is 6.54 Å². The summed E-state index contributed by atoms with van der Waals surface area (Å²) >= 11 is 0. The third-order valence-electron chi connectivity index (χ3n) is 3.26. The average molecular weight is 325 g/mol. The van der Waals surface area contributed by atoms with Crippen molar-refractivity contribution in [3.05, 3.63) is 0 Å². The van der Waals surface area contributed by atoms with Gasteiger partial charge in [0, 0.05) is 0 Å². The number of halogens is 11. The molecule has 0 amide bonds. The summed E-state index contributed by atoms with van der Waals surface area (Å²) in [7, 11) is 0. The minimum atomic E-state index is -6.88. The zero-order valence-corrected chi connectivity index (χ0v) is 9.15. The van der Waals surface area contributed by atoms with Crippen LogP contribution in [0, 0.1) is 5.41 Å². The van der Waals surface area contributed by atoms with Crippen LogP contribution in [0.4, 0.5) is 48.3 Å². The van der Waals surface area contributed by atoms with Crippen molar-refractivity contribution in [2.24, 2.45) is 11.1 Å². The van der Waals surface area contributed by atoms with Crippen LogP contribution < -0.4 is 5.73 Å². The summed E-state index contributed by atoms with van der Waals surface area (Å²) in [5.74, 6) is -27.2. The Morgan fingerprint density at radius 1 is 0.650 bits per heavy atom. The molecule has 1 aliphatic carbocycles. The van der Waals surface area contributed by atoms with Crippen molar-refractivity contribution < 1.29 is 48.3 Å². The summed E-state index contributed by atoms with van der Waals surface area (Å²) in [6.07, 6.45) is -9.22.